The van der Waals surface area contributed by atoms with Crippen LogP contribution in [0.5, 0.6) is 0 Å². The minimum atomic E-state index is 0.746. The van der Waals surface area contributed by atoms with Gasteiger partial charge in [-0.1, -0.05) is 18.2 Å². The Bertz CT molecular complexity index is 916. The predicted molar refractivity (Wildman–Crippen MR) is 87.8 cm³/mol. The van der Waals surface area contributed by atoms with Crippen molar-refractivity contribution in [1.82, 2.24) is 24.7 Å². The van der Waals surface area contributed by atoms with Crippen molar-refractivity contribution >= 4 is 0 Å². The molecule has 4 aromatic rings. The van der Waals surface area contributed by atoms with E-state index in [4.69, 9.17) is 0 Å². The Kier molecular flexibility index (Phi) is 3.37. The summed E-state index contributed by atoms with van der Waals surface area (Å²) in [5.41, 5.74) is 3.31. The molecule has 0 aliphatic heterocycles. The highest BCUT2D eigenvalue weighted by molar-refractivity contribution is 5.56. The van der Waals surface area contributed by atoms with Crippen molar-refractivity contribution < 1.29 is 0 Å². The summed E-state index contributed by atoms with van der Waals surface area (Å²) in [5.74, 6) is 0.746. The molecule has 0 saturated heterocycles. The van der Waals surface area contributed by atoms with Crippen molar-refractivity contribution in [3.63, 3.8) is 0 Å². The van der Waals surface area contributed by atoms with Crippen molar-refractivity contribution in [2.45, 2.75) is 0 Å². The van der Waals surface area contributed by atoms with E-state index >= 15 is 0 Å². The minimum absolute atomic E-state index is 0.746. The second kappa shape index (κ2) is 5.81. The van der Waals surface area contributed by atoms with Crippen LogP contribution < -0.4 is 0 Å². The van der Waals surface area contributed by atoms with Crippen LogP contribution in [0.3, 0.4) is 0 Å². The largest absolute Gasteiger partial charge is 0.255 e. The second-order valence-corrected chi connectivity index (χ2v) is 4.96. The summed E-state index contributed by atoms with van der Waals surface area (Å²) < 4.78 is 1.75. The van der Waals surface area contributed by atoms with Gasteiger partial charge in [-0.05, 0) is 42.5 Å². The summed E-state index contributed by atoms with van der Waals surface area (Å²) in [6.45, 7) is 0. The van der Waals surface area contributed by atoms with Gasteiger partial charge in [-0.15, -0.1) is 0 Å². The highest BCUT2D eigenvalue weighted by Gasteiger charge is 2.07. The van der Waals surface area contributed by atoms with Crippen LogP contribution in [0.15, 0.2) is 79.3 Å². The highest BCUT2D eigenvalue weighted by Crippen LogP contribution is 2.18. The molecule has 0 atom stereocenters. The fourth-order valence-corrected chi connectivity index (χ4v) is 2.31. The molecule has 4 heterocycles. The van der Waals surface area contributed by atoms with Gasteiger partial charge in [-0.2, -0.15) is 5.10 Å². The summed E-state index contributed by atoms with van der Waals surface area (Å²) in [5, 5.41) is 4.56. The SMILES string of the molecule is c1ccc(-c2cccc(-n3ccc(-c4ccccn4)n3)n2)nc1. The predicted octanol–water partition coefficient (Wildman–Crippen LogP) is 3.39. The lowest BCUT2D eigenvalue weighted by Crippen LogP contribution is -2.00. The van der Waals surface area contributed by atoms with E-state index in [-0.39, 0.29) is 0 Å². The molecule has 0 spiro atoms. The van der Waals surface area contributed by atoms with Gasteiger partial charge in [0.15, 0.2) is 5.82 Å². The van der Waals surface area contributed by atoms with Gasteiger partial charge >= 0.3 is 0 Å². The highest BCUT2D eigenvalue weighted by atomic mass is 15.3. The molecule has 110 valence electrons. The molecule has 5 heteroatoms. The van der Waals surface area contributed by atoms with Crippen LogP contribution in [-0.2, 0) is 0 Å². The molecule has 0 bridgehead atoms. The topological polar surface area (TPSA) is 56.5 Å². The minimum Gasteiger partial charge on any atom is -0.255 e. The maximum absolute atomic E-state index is 4.64. The van der Waals surface area contributed by atoms with Gasteiger partial charge in [0.05, 0.1) is 17.1 Å². The van der Waals surface area contributed by atoms with Crippen molar-refractivity contribution in [2.24, 2.45) is 0 Å². The van der Waals surface area contributed by atoms with Crippen molar-refractivity contribution in [3.05, 3.63) is 79.3 Å². The summed E-state index contributed by atoms with van der Waals surface area (Å²) in [6, 6.07) is 19.3. The Morgan fingerprint density at radius 2 is 1.30 bits per heavy atom. The first-order chi connectivity index (χ1) is 11.4. The first kappa shape index (κ1) is 13.3. The molecule has 0 aromatic carbocycles. The summed E-state index contributed by atoms with van der Waals surface area (Å²) in [4.78, 5) is 13.3. The van der Waals surface area contributed by atoms with Crippen LogP contribution in [0.25, 0.3) is 28.6 Å². The Balaban J connectivity index is 1.71. The van der Waals surface area contributed by atoms with Gasteiger partial charge in [0.1, 0.15) is 5.69 Å². The number of nitrogens with zero attached hydrogens (tertiary/aromatic N) is 5. The van der Waals surface area contributed by atoms with Gasteiger partial charge in [0.25, 0.3) is 0 Å². The average Bonchev–Trinajstić information content (AvgIpc) is 3.14. The summed E-state index contributed by atoms with van der Waals surface area (Å²) in [7, 11) is 0. The fourth-order valence-electron chi connectivity index (χ4n) is 2.31. The van der Waals surface area contributed by atoms with E-state index in [1.54, 1.807) is 17.1 Å². The Morgan fingerprint density at radius 3 is 2.00 bits per heavy atom. The van der Waals surface area contributed by atoms with Gasteiger partial charge < -0.3 is 0 Å². The fraction of sp³-hybridized carbons (Fsp3) is 0. The standard InChI is InChI=1S/C18H13N5/c1-3-11-19-14(6-1)16-8-5-9-18(21-16)23-13-10-17(22-23)15-7-2-4-12-20-15/h1-13H. The number of aromatic nitrogens is 5. The lowest BCUT2D eigenvalue weighted by atomic mass is 10.2. The van der Waals surface area contributed by atoms with Gasteiger partial charge in [-0.3, -0.25) is 9.97 Å². The number of pyridine rings is 3. The second-order valence-electron chi connectivity index (χ2n) is 4.96. The Morgan fingerprint density at radius 1 is 0.609 bits per heavy atom. The Hall–Kier alpha value is -3.34. The van der Waals surface area contributed by atoms with E-state index in [1.165, 1.54) is 0 Å². The summed E-state index contributed by atoms with van der Waals surface area (Å²) in [6.07, 6.45) is 5.40. The molecule has 0 fully saturated rings. The quantitative estimate of drug-likeness (QED) is 0.582. The molecule has 23 heavy (non-hydrogen) atoms. The smallest absolute Gasteiger partial charge is 0.154 e. The van der Waals surface area contributed by atoms with Gasteiger partial charge in [0, 0.05) is 18.6 Å². The van der Waals surface area contributed by atoms with Crippen LogP contribution in [0, 0.1) is 0 Å². The molecule has 0 amide bonds. The lowest BCUT2D eigenvalue weighted by molar-refractivity contribution is 0.849. The van der Waals surface area contributed by atoms with Gasteiger partial charge in [0.2, 0.25) is 0 Å². The van der Waals surface area contributed by atoms with E-state index in [2.05, 4.69) is 20.1 Å². The summed E-state index contributed by atoms with van der Waals surface area (Å²) >= 11 is 0. The number of hydrogen-bond acceptors (Lipinski definition) is 4. The monoisotopic (exact) mass is 299 g/mol. The van der Waals surface area contributed by atoms with Crippen LogP contribution in [-0.4, -0.2) is 24.7 Å². The average molecular weight is 299 g/mol. The van der Waals surface area contributed by atoms with E-state index < -0.39 is 0 Å². The third kappa shape index (κ3) is 2.72. The molecule has 4 rings (SSSR count). The van der Waals surface area contributed by atoms with Crippen LogP contribution in [0.4, 0.5) is 0 Å². The van der Waals surface area contributed by atoms with Crippen molar-refractivity contribution in [1.29, 1.82) is 0 Å². The van der Waals surface area contributed by atoms with E-state index in [0.29, 0.717) is 0 Å². The van der Waals surface area contributed by atoms with E-state index in [1.807, 2.05) is 66.9 Å². The number of rotatable bonds is 3. The molecular formula is C18H13N5. The lowest BCUT2D eigenvalue weighted by Gasteiger charge is -2.04. The maximum atomic E-state index is 4.64. The molecule has 5 nitrogen and oxygen atoms in total. The van der Waals surface area contributed by atoms with Crippen molar-refractivity contribution in [2.75, 3.05) is 0 Å². The Labute approximate surface area is 133 Å². The zero-order valence-electron chi connectivity index (χ0n) is 12.2. The maximum Gasteiger partial charge on any atom is 0.154 e. The molecule has 0 N–H and O–H groups in total. The molecule has 0 saturated carbocycles. The molecular weight excluding hydrogens is 286 g/mol. The van der Waals surface area contributed by atoms with E-state index in [9.17, 15) is 0 Å². The van der Waals surface area contributed by atoms with Crippen LogP contribution in [0.1, 0.15) is 0 Å². The zero-order valence-corrected chi connectivity index (χ0v) is 12.2. The van der Waals surface area contributed by atoms with Crippen LogP contribution >= 0.6 is 0 Å². The molecule has 0 aliphatic carbocycles. The first-order valence-electron chi connectivity index (χ1n) is 7.26. The molecule has 0 radical (unpaired) electrons. The first-order valence-corrected chi connectivity index (χ1v) is 7.26. The molecule has 0 aliphatic rings. The van der Waals surface area contributed by atoms with E-state index in [0.717, 1.165) is 28.6 Å². The molecule has 0 unspecified atom stereocenters. The normalized spacial score (nSPS) is 10.6. The van der Waals surface area contributed by atoms with Gasteiger partial charge in [-0.25, -0.2) is 9.67 Å². The molecule has 4 aromatic heterocycles. The third-order valence-corrected chi connectivity index (χ3v) is 3.41. The van der Waals surface area contributed by atoms with Crippen LogP contribution in [0.2, 0.25) is 0 Å². The zero-order chi connectivity index (χ0) is 15.5. The third-order valence-electron chi connectivity index (χ3n) is 3.41. The number of hydrogen-bond donors (Lipinski definition) is 0. The van der Waals surface area contributed by atoms with Crippen molar-refractivity contribution in [3.8, 4) is 28.6 Å².